The van der Waals surface area contributed by atoms with Gasteiger partial charge < -0.3 is 10.7 Å². The van der Waals surface area contributed by atoms with E-state index in [4.69, 9.17) is 5.73 Å². The van der Waals surface area contributed by atoms with E-state index in [-0.39, 0.29) is 6.04 Å². The SMILES string of the molecule is NC(c1ncc[nH]1)C1CCCCCC1. The van der Waals surface area contributed by atoms with Gasteiger partial charge in [0.25, 0.3) is 0 Å². The Hall–Kier alpha value is -0.830. The van der Waals surface area contributed by atoms with Crippen molar-refractivity contribution in [3.05, 3.63) is 18.2 Å². The van der Waals surface area contributed by atoms with Gasteiger partial charge in [0.2, 0.25) is 0 Å². The van der Waals surface area contributed by atoms with Crippen LogP contribution in [0.25, 0.3) is 0 Å². The molecule has 1 fully saturated rings. The zero-order valence-electron chi connectivity index (χ0n) is 8.58. The Labute approximate surface area is 85.1 Å². The Morgan fingerprint density at radius 2 is 2.00 bits per heavy atom. The van der Waals surface area contributed by atoms with Gasteiger partial charge in [0.15, 0.2) is 0 Å². The molecule has 0 aromatic carbocycles. The first-order valence-corrected chi connectivity index (χ1v) is 5.63. The highest BCUT2D eigenvalue weighted by Crippen LogP contribution is 2.30. The van der Waals surface area contributed by atoms with Crippen LogP contribution in [0, 0.1) is 5.92 Å². The van der Waals surface area contributed by atoms with E-state index in [1.54, 1.807) is 6.20 Å². The Balaban J connectivity index is 1.99. The molecule has 78 valence electrons. The van der Waals surface area contributed by atoms with Crippen LogP contribution in [0.1, 0.15) is 50.4 Å². The second kappa shape index (κ2) is 4.60. The molecule has 14 heavy (non-hydrogen) atoms. The number of H-pyrrole nitrogens is 1. The van der Waals surface area contributed by atoms with Crippen LogP contribution in [-0.2, 0) is 0 Å². The van der Waals surface area contributed by atoms with E-state index in [2.05, 4.69) is 9.97 Å². The molecule has 0 saturated heterocycles. The molecule has 0 amide bonds. The summed E-state index contributed by atoms with van der Waals surface area (Å²) in [5.74, 6) is 1.58. The molecule has 2 rings (SSSR count). The second-order valence-corrected chi connectivity index (χ2v) is 4.25. The molecule has 0 spiro atoms. The number of nitrogens with two attached hydrogens (primary N) is 1. The third-order valence-electron chi connectivity index (χ3n) is 3.24. The van der Waals surface area contributed by atoms with Gasteiger partial charge in [-0.3, -0.25) is 0 Å². The second-order valence-electron chi connectivity index (χ2n) is 4.25. The van der Waals surface area contributed by atoms with Crippen molar-refractivity contribution in [1.82, 2.24) is 9.97 Å². The van der Waals surface area contributed by atoms with Gasteiger partial charge in [-0.2, -0.15) is 0 Å². The summed E-state index contributed by atoms with van der Waals surface area (Å²) in [6.07, 6.45) is 11.6. The minimum Gasteiger partial charge on any atom is -0.347 e. The maximum Gasteiger partial charge on any atom is 0.123 e. The number of aromatic nitrogens is 2. The highest BCUT2D eigenvalue weighted by atomic mass is 14.9. The van der Waals surface area contributed by atoms with Gasteiger partial charge in [0.1, 0.15) is 5.82 Å². The molecule has 1 atom stereocenters. The summed E-state index contributed by atoms with van der Waals surface area (Å²) in [7, 11) is 0. The summed E-state index contributed by atoms with van der Waals surface area (Å²) in [6, 6.07) is 0.114. The van der Waals surface area contributed by atoms with Crippen molar-refractivity contribution in [2.24, 2.45) is 11.7 Å². The summed E-state index contributed by atoms with van der Waals surface area (Å²) in [6.45, 7) is 0. The molecule has 1 saturated carbocycles. The lowest BCUT2D eigenvalue weighted by Crippen LogP contribution is -2.22. The molecule has 3 heteroatoms. The molecule has 3 nitrogen and oxygen atoms in total. The van der Waals surface area contributed by atoms with E-state index >= 15 is 0 Å². The van der Waals surface area contributed by atoms with E-state index in [9.17, 15) is 0 Å². The molecule has 0 bridgehead atoms. The fraction of sp³-hybridized carbons (Fsp3) is 0.727. The smallest absolute Gasteiger partial charge is 0.123 e. The molecular weight excluding hydrogens is 174 g/mol. The zero-order valence-corrected chi connectivity index (χ0v) is 8.58. The predicted molar refractivity (Wildman–Crippen MR) is 56.7 cm³/mol. The van der Waals surface area contributed by atoms with Gasteiger partial charge in [0.05, 0.1) is 6.04 Å². The summed E-state index contributed by atoms with van der Waals surface area (Å²) in [5, 5.41) is 0. The van der Waals surface area contributed by atoms with E-state index < -0.39 is 0 Å². The fourth-order valence-corrected chi connectivity index (χ4v) is 2.35. The number of hydrogen-bond donors (Lipinski definition) is 2. The lowest BCUT2D eigenvalue weighted by molar-refractivity contribution is 0.372. The van der Waals surface area contributed by atoms with Crippen LogP contribution in [0.4, 0.5) is 0 Å². The van der Waals surface area contributed by atoms with Crippen molar-refractivity contribution in [3.8, 4) is 0 Å². The van der Waals surface area contributed by atoms with Crippen molar-refractivity contribution < 1.29 is 0 Å². The Morgan fingerprint density at radius 1 is 1.29 bits per heavy atom. The maximum absolute atomic E-state index is 6.19. The molecule has 1 heterocycles. The van der Waals surface area contributed by atoms with Gasteiger partial charge in [-0.05, 0) is 18.8 Å². The van der Waals surface area contributed by atoms with Crippen molar-refractivity contribution in [3.63, 3.8) is 0 Å². The Kier molecular flexibility index (Phi) is 3.19. The van der Waals surface area contributed by atoms with Gasteiger partial charge in [-0.25, -0.2) is 4.98 Å². The standard InChI is InChI=1S/C11H19N3/c12-10(11-13-7-8-14-11)9-5-3-1-2-4-6-9/h7-10H,1-6,12H2,(H,13,14). The Bertz CT molecular complexity index is 248. The summed E-state index contributed by atoms with van der Waals surface area (Å²) in [4.78, 5) is 7.36. The first-order chi connectivity index (χ1) is 6.88. The van der Waals surface area contributed by atoms with E-state index in [1.165, 1.54) is 38.5 Å². The van der Waals surface area contributed by atoms with Crippen LogP contribution in [0.15, 0.2) is 12.4 Å². The third kappa shape index (κ3) is 2.15. The molecule has 0 radical (unpaired) electrons. The average molecular weight is 193 g/mol. The molecule has 1 unspecified atom stereocenters. The quantitative estimate of drug-likeness (QED) is 0.708. The van der Waals surface area contributed by atoms with E-state index in [0.29, 0.717) is 5.92 Å². The van der Waals surface area contributed by atoms with Crippen molar-refractivity contribution in [2.75, 3.05) is 0 Å². The van der Waals surface area contributed by atoms with Crippen molar-refractivity contribution in [1.29, 1.82) is 0 Å². The third-order valence-corrected chi connectivity index (χ3v) is 3.24. The van der Waals surface area contributed by atoms with Crippen LogP contribution in [0.3, 0.4) is 0 Å². The van der Waals surface area contributed by atoms with Gasteiger partial charge in [0, 0.05) is 12.4 Å². The maximum atomic E-state index is 6.19. The Morgan fingerprint density at radius 3 is 2.57 bits per heavy atom. The number of rotatable bonds is 2. The average Bonchev–Trinajstić information content (AvgIpc) is 2.59. The first-order valence-electron chi connectivity index (χ1n) is 5.63. The lowest BCUT2D eigenvalue weighted by atomic mass is 9.92. The first kappa shape index (κ1) is 9.71. The number of imidazole rings is 1. The van der Waals surface area contributed by atoms with Crippen LogP contribution >= 0.6 is 0 Å². The molecule has 1 aliphatic carbocycles. The molecule has 0 aliphatic heterocycles. The van der Waals surface area contributed by atoms with Crippen molar-refractivity contribution in [2.45, 2.75) is 44.6 Å². The van der Waals surface area contributed by atoms with Crippen LogP contribution in [0.2, 0.25) is 0 Å². The molecule has 1 aromatic heterocycles. The molecule has 3 N–H and O–H groups in total. The van der Waals surface area contributed by atoms with Crippen LogP contribution < -0.4 is 5.73 Å². The molecular formula is C11H19N3. The number of aromatic amines is 1. The molecule has 1 aromatic rings. The largest absolute Gasteiger partial charge is 0.347 e. The van der Waals surface area contributed by atoms with Gasteiger partial charge in [-0.15, -0.1) is 0 Å². The summed E-state index contributed by atoms with van der Waals surface area (Å²) >= 11 is 0. The van der Waals surface area contributed by atoms with Gasteiger partial charge >= 0.3 is 0 Å². The number of hydrogen-bond acceptors (Lipinski definition) is 2. The predicted octanol–water partition coefficient (Wildman–Crippen LogP) is 2.38. The normalized spacial score (nSPS) is 21.8. The number of nitrogens with zero attached hydrogens (tertiary/aromatic N) is 1. The van der Waals surface area contributed by atoms with E-state index in [1.807, 2.05) is 6.20 Å². The highest BCUT2D eigenvalue weighted by molar-refractivity contribution is 4.97. The van der Waals surface area contributed by atoms with Crippen LogP contribution in [0.5, 0.6) is 0 Å². The summed E-state index contributed by atoms with van der Waals surface area (Å²) in [5.41, 5.74) is 6.19. The lowest BCUT2D eigenvalue weighted by Gasteiger charge is -2.20. The minimum atomic E-state index is 0.114. The highest BCUT2D eigenvalue weighted by Gasteiger charge is 2.22. The van der Waals surface area contributed by atoms with Crippen LogP contribution in [-0.4, -0.2) is 9.97 Å². The molecule has 1 aliphatic rings. The van der Waals surface area contributed by atoms with E-state index in [0.717, 1.165) is 5.82 Å². The zero-order chi connectivity index (χ0) is 9.80. The number of nitrogens with one attached hydrogen (secondary N) is 1. The van der Waals surface area contributed by atoms with Crippen molar-refractivity contribution >= 4 is 0 Å². The summed E-state index contributed by atoms with van der Waals surface area (Å²) < 4.78 is 0. The fourth-order valence-electron chi connectivity index (χ4n) is 2.35. The van der Waals surface area contributed by atoms with Gasteiger partial charge in [-0.1, -0.05) is 25.7 Å². The minimum absolute atomic E-state index is 0.114. The monoisotopic (exact) mass is 193 g/mol. The topological polar surface area (TPSA) is 54.7 Å².